The molecule has 146 valence electrons. The van der Waals surface area contributed by atoms with Gasteiger partial charge in [-0.3, -0.25) is 0 Å². The molecule has 0 atom stereocenters. The first-order chi connectivity index (χ1) is 14.1. The summed E-state index contributed by atoms with van der Waals surface area (Å²) in [5.74, 6) is 1.70. The van der Waals surface area contributed by atoms with Crippen LogP contribution in [0.1, 0.15) is 5.56 Å². The fraction of sp³-hybridized carbons (Fsp3) is 0.150. The van der Waals surface area contributed by atoms with Gasteiger partial charge in [-0.2, -0.15) is 5.26 Å². The molecule has 2 amide bonds. The molecule has 3 aromatic rings. The van der Waals surface area contributed by atoms with E-state index in [4.69, 9.17) is 21.1 Å². The summed E-state index contributed by atoms with van der Waals surface area (Å²) < 4.78 is 10.7. The van der Waals surface area contributed by atoms with Gasteiger partial charge in [-0.05, 0) is 24.3 Å². The Hall–Kier alpha value is -3.70. The molecule has 0 aliphatic carbocycles. The number of rotatable bonds is 5. The van der Waals surface area contributed by atoms with E-state index in [0.29, 0.717) is 52.2 Å². The number of amides is 2. The second-order valence-electron chi connectivity index (χ2n) is 6.18. The van der Waals surface area contributed by atoms with Crippen molar-refractivity contribution in [2.75, 3.05) is 30.5 Å². The molecular formula is C20H16ClN5O3. The molecule has 1 aliphatic rings. The normalized spacial score (nSPS) is 11.7. The number of anilines is 2. The summed E-state index contributed by atoms with van der Waals surface area (Å²) in [5, 5.41) is 19.1. The molecule has 2 aromatic carbocycles. The number of carbonyl (C=O) groups is 1. The van der Waals surface area contributed by atoms with Gasteiger partial charge in [0, 0.05) is 24.5 Å². The quantitative estimate of drug-likeness (QED) is 0.554. The van der Waals surface area contributed by atoms with Crippen molar-refractivity contribution >= 4 is 40.0 Å². The minimum Gasteiger partial charge on any atom is -0.454 e. The first-order valence-corrected chi connectivity index (χ1v) is 9.19. The van der Waals surface area contributed by atoms with E-state index in [1.807, 2.05) is 0 Å². The topological polar surface area (TPSA) is 108 Å². The van der Waals surface area contributed by atoms with Crippen molar-refractivity contribution in [3.05, 3.63) is 53.1 Å². The maximum absolute atomic E-state index is 12.0. The first-order valence-electron chi connectivity index (χ1n) is 8.82. The van der Waals surface area contributed by atoms with Gasteiger partial charge >= 0.3 is 6.03 Å². The van der Waals surface area contributed by atoms with Gasteiger partial charge in [0.05, 0.1) is 21.8 Å². The minimum absolute atomic E-state index is 0.170. The summed E-state index contributed by atoms with van der Waals surface area (Å²) in [6.07, 6.45) is 0. The fourth-order valence-corrected chi connectivity index (χ4v) is 3.05. The second kappa shape index (κ2) is 8.12. The van der Waals surface area contributed by atoms with E-state index in [1.165, 1.54) is 0 Å². The Labute approximate surface area is 171 Å². The Bertz CT molecular complexity index is 1130. The summed E-state index contributed by atoms with van der Waals surface area (Å²) in [6, 6.07) is 14.0. The smallest absolute Gasteiger partial charge is 0.319 e. The van der Waals surface area contributed by atoms with Crippen LogP contribution in [-0.2, 0) is 0 Å². The Kier molecular flexibility index (Phi) is 5.22. The van der Waals surface area contributed by atoms with Gasteiger partial charge in [0.2, 0.25) is 6.79 Å². The van der Waals surface area contributed by atoms with Crippen molar-refractivity contribution in [2.45, 2.75) is 0 Å². The van der Waals surface area contributed by atoms with Crippen LogP contribution >= 0.6 is 11.6 Å². The number of ether oxygens (including phenoxy) is 2. The van der Waals surface area contributed by atoms with E-state index in [1.54, 1.807) is 42.5 Å². The van der Waals surface area contributed by atoms with Gasteiger partial charge in [0.15, 0.2) is 11.5 Å². The SMILES string of the molecule is N#Cc1cc2cc3c(cc2nc1NCCNC(=O)Nc1ccccc1Cl)OCO3. The lowest BCUT2D eigenvalue weighted by Gasteiger charge is -2.11. The number of para-hydroxylation sites is 1. The summed E-state index contributed by atoms with van der Waals surface area (Å²) in [5.41, 5.74) is 1.61. The van der Waals surface area contributed by atoms with Crippen molar-refractivity contribution < 1.29 is 14.3 Å². The maximum atomic E-state index is 12.0. The van der Waals surface area contributed by atoms with Gasteiger partial charge in [0.25, 0.3) is 0 Å². The zero-order valence-corrected chi connectivity index (χ0v) is 15.9. The van der Waals surface area contributed by atoms with Crippen molar-refractivity contribution in [3.63, 3.8) is 0 Å². The zero-order chi connectivity index (χ0) is 20.2. The van der Waals surface area contributed by atoms with Gasteiger partial charge in [-0.15, -0.1) is 0 Å². The standard InChI is InChI=1S/C20H16ClN5O3/c21-14-3-1-2-4-15(14)26-20(27)24-6-5-23-19-13(10-22)7-12-8-17-18(29-11-28-17)9-16(12)25-19/h1-4,7-9H,5-6,11H2,(H,23,25)(H2,24,26,27). The summed E-state index contributed by atoms with van der Waals surface area (Å²) in [4.78, 5) is 16.5. The third kappa shape index (κ3) is 4.10. The molecule has 29 heavy (non-hydrogen) atoms. The average molecular weight is 410 g/mol. The molecule has 0 unspecified atom stereocenters. The van der Waals surface area contributed by atoms with E-state index in [-0.39, 0.29) is 12.8 Å². The lowest BCUT2D eigenvalue weighted by atomic mass is 10.1. The van der Waals surface area contributed by atoms with E-state index in [2.05, 4.69) is 27.0 Å². The van der Waals surface area contributed by atoms with Crippen LogP contribution in [-0.4, -0.2) is 30.9 Å². The van der Waals surface area contributed by atoms with Crippen LogP contribution in [0.4, 0.5) is 16.3 Å². The van der Waals surface area contributed by atoms with Crippen molar-refractivity contribution in [1.29, 1.82) is 5.26 Å². The van der Waals surface area contributed by atoms with E-state index in [0.717, 1.165) is 5.39 Å². The van der Waals surface area contributed by atoms with Crippen molar-refractivity contribution in [1.82, 2.24) is 10.3 Å². The molecule has 8 nitrogen and oxygen atoms in total. The summed E-state index contributed by atoms with van der Waals surface area (Å²) in [7, 11) is 0. The summed E-state index contributed by atoms with van der Waals surface area (Å²) >= 11 is 6.02. The monoisotopic (exact) mass is 409 g/mol. The molecule has 1 aliphatic heterocycles. The number of pyridine rings is 1. The highest BCUT2D eigenvalue weighted by Gasteiger charge is 2.16. The molecule has 3 N–H and O–H groups in total. The van der Waals surface area contributed by atoms with Gasteiger partial charge in [0.1, 0.15) is 11.9 Å². The average Bonchev–Trinajstić information content (AvgIpc) is 3.17. The summed E-state index contributed by atoms with van der Waals surface area (Å²) in [6.45, 7) is 0.874. The van der Waals surface area contributed by atoms with Gasteiger partial charge in [-0.25, -0.2) is 9.78 Å². The molecule has 0 saturated heterocycles. The van der Waals surface area contributed by atoms with Crippen LogP contribution in [0, 0.1) is 11.3 Å². The molecular weight excluding hydrogens is 394 g/mol. The number of nitrogens with zero attached hydrogens (tertiary/aromatic N) is 2. The number of urea groups is 1. The van der Waals surface area contributed by atoms with Crippen molar-refractivity contribution in [2.24, 2.45) is 0 Å². The molecule has 0 spiro atoms. The van der Waals surface area contributed by atoms with Crippen LogP contribution < -0.4 is 25.4 Å². The number of aromatic nitrogens is 1. The van der Waals surface area contributed by atoms with Crippen molar-refractivity contribution in [3.8, 4) is 17.6 Å². The molecule has 1 aromatic heterocycles. The molecule has 4 rings (SSSR count). The van der Waals surface area contributed by atoms with Crippen LogP contribution in [0.3, 0.4) is 0 Å². The van der Waals surface area contributed by atoms with Crippen LogP contribution in [0.25, 0.3) is 10.9 Å². The fourth-order valence-electron chi connectivity index (χ4n) is 2.87. The molecule has 0 fully saturated rings. The van der Waals surface area contributed by atoms with E-state index >= 15 is 0 Å². The number of nitrogens with one attached hydrogen (secondary N) is 3. The number of carbonyl (C=O) groups excluding carboxylic acids is 1. The maximum Gasteiger partial charge on any atom is 0.319 e. The van der Waals surface area contributed by atoms with Crippen LogP contribution in [0.15, 0.2) is 42.5 Å². The highest BCUT2D eigenvalue weighted by molar-refractivity contribution is 6.33. The largest absolute Gasteiger partial charge is 0.454 e. The first kappa shape index (κ1) is 18.7. The Morgan fingerprint density at radius 3 is 2.76 bits per heavy atom. The second-order valence-corrected chi connectivity index (χ2v) is 6.59. The number of nitriles is 1. The molecule has 2 heterocycles. The lowest BCUT2D eigenvalue weighted by Crippen LogP contribution is -2.32. The third-order valence-corrected chi connectivity index (χ3v) is 4.58. The number of hydrogen-bond donors (Lipinski definition) is 3. The minimum atomic E-state index is -0.375. The van der Waals surface area contributed by atoms with Crippen LogP contribution in [0.2, 0.25) is 5.02 Å². The predicted molar refractivity (Wildman–Crippen MR) is 110 cm³/mol. The third-order valence-electron chi connectivity index (χ3n) is 4.25. The molecule has 0 bridgehead atoms. The van der Waals surface area contributed by atoms with E-state index in [9.17, 15) is 10.1 Å². The Balaban J connectivity index is 1.38. The number of hydrogen-bond acceptors (Lipinski definition) is 6. The zero-order valence-electron chi connectivity index (χ0n) is 15.2. The number of halogens is 1. The Morgan fingerprint density at radius 1 is 1.17 bits per heavy atom. The van der Waals surface area contributed by atoms with E-state index < -0.39 is 0 Å². The molecule has 0 radical (unpaired) electrons. The predicted octanol–water partition coefficient (Wildman–Crippen LogP) is 3.72. The number of fused-ring (bicyclic) bond motifs is 2. The highest BCUT2D eigenvalue weighted by atomic mass is 35.5. The van der Waals surface area contributed by atoms with Crippen LogP contribution in [0.5, 0.6) is 11.5 Å². The number of benzene rings is 2. The highest BCUT2D eigenvalue weighted by Crippen LogP contribution is 2.36. The van der Waals surface area contributed by atoms with Gasteiger partial charge in [-0.1, -0.05) is 23.7 Å². The molecule has 9 heteroatoms. The van der Waals surface area contributed by atoms with Gasteiger partial charge < -0.3 is 25.4 Å². The Morgan fingerprint density at radius 2 is 1.97 bits per heavy atom. The lowest BCUT2D eigenvalue weighted by molar-refractivity contribution is 0.174. The molecule has 0 saturated carbocycles.